The summed E-state index contributed by atoms with van der Waals surface area (Å²) in [6.07, 6.45) is 1.33. The van der Waals surface area contributed by atoms with E-state index in [4.69, 9.17) is 9.79 Å². The van der Waals surface area contributed by atoms with Gasteiger partial charge in [0, 0.05) is 0 Å². The smallest absolute Gasteiger partial charge is 0.302 e. The van der Waals surface area contributed by atoms with Gasteiger partial charge < -0.3 is 9.79 Å². The molecule has 0 bridgehead atoms. The van der Waals surface area contributed by atoms with E-state index in [1.54, 1.807) is 0 Å². The molecule has 64 valence electrons. The monoisotopic (exact) mass is 183 g/mol. The highest BCUT2D eigenvalue weighted by Gasteiger charge is 2.08. The zero-order valence-electron chi connectivity index (χ0n) is 5.15. The number of hydrogen-bond donors (Lipinski definition) is 4. The Hall–Kier alpha value is -0.860. The van der Waals surface area contributed by atoms with E-state index >= 15 is 0 Å². The van der Waals surface area contributed by atoms with Crippen molar-refractivity contribution in [2.75, 3.05) is 0 Å². The lowest BCUT2D eigenvalue weighted by Crippen LogP contribution is -1.93. The fourth-order valence-electron chi connectivity index (χ4n) is 0.129. The first-order valence-electron chi connectivity index (χ1n) is 2.16. The number of nitrogens with zero attached hydrogens (tertiary/aromatic N) is 3. The first kappa shape index (κ1) is 10.1. The molecule has 10 heteroatoms. The second-order valence-electron chi connectivity index (χ2n) is 1.16. The predicted molar refractivity (Wildman–Crippen MR) is 31.5 cm³/mol. The van der Waals surface area contributed by atoms with E-state index in [9.17, 15) is 4.57 Å². The number of nitrogens with one attached hydrogen (secondary N) is 1. The topological polar surface area (TPSA) is 147 Å². The van der Waals surface area contributed by atoms with Crippen LogP contribution >= 0.6 is 7.82 Å². The molecular formula is CH6N5O4P. The molecule has 11 heavy (non-hydrogen) atoms. The Morgan fingerprint density at radius 2 is 2.18 bits per heavy atom. The summed E-state index contributed by atoms with van der Waals surface area (Å²) in [5, 5.41) is 12.2. The Morgan fingerprint density at radius 1 is 1.64 bits per heavy atom. The molecule has 1 heterocycles. The highest BCUT2D eigenvalue weighted by molar-refractivity contribution is 7.46. The van der Waals surface area contributed by atoms with Gasteiger partial charge in [0.1, 0.15) is 0 Å². The highest BCUT2D eigenvalue weighted by Crippen LogP contribution is 2.32. The number of nitrogens with two attached hydrogens (primary N) is 1. The maximum atomic E-state index is 9.35. The van der Waals surface area contributed by atoms with Crippen molar-refractivity contribution in [1.82, 2.24) is 20.6 Å². The number of aromatic amines is 1. The van der Waals surface area contributed by atoms with Crippen molar-refractivity contribution in [1.29, 1.82) is 0 Å². The van der Waals surface area contributed by atoms with Crippen molar-refractivity contribution in [3.05, 3.63) is 6.33 Å². The standard InChI is InChI=1S/CH2N4.H4NO4P/c1-2-4-5-3-1;1-5-6(2,3)4/h1H,(H,2,3,4,5);1H2,(H2,2,3,4). The van der Waals surface area contributed by atoms with Crippen LogP contribution in [-0.2, 0) is 9.19 Å². The summed E-state index contributed by atoms with van der Waals surface area (Å²) in [5.74, 6) is 4.04. The summed E-state index contributed by atoms with van der Waals surface area (Å²) in [6.45, 7) is 0. The quantitative estimate of drug-likeness (QED) is 0.293. The van der Waals surface area contributed by atoms with Gasteiger partial charge in [-0.25, -0.2) is 15.1 Å². The third-order valence-electron chi connectivity index (χ3n) is 0.407. The molecule has 0 radical (unpaired) electrons. The minimum absolute atomic E-state index is 1.33. The van der Waals surface area contributed by atoms with Crippen LogP contribution in [0.4, 0.5) is 0 Å². The van der Waals surface area contributed by atoms with Gasteiger partial charge in [0.15, 0.2) is 6.33 Å². The highest BCUT2D eigenvalue weighted by atomic mass is 31.2. The van der Waals surface area contributed by atoms with E-state index in [1.165, 1.54) is 6.33 Å². The molecule has 9 nitrogen and oxygen atoms in total. The number of rotatable bonds is 1. The van der Waals surface area contributed by atoms with Gasteiger partial charge in [0.25, 0.3) is 0 Å². The predicted octanol–water partition coefficient (Wildman–Crippen LogP) is -1.83. The second-order valence-corrected chi connectivity index (χ2v) is 2.35. The lowest BCUT2D eigenvalue weighted by Gasteiger charge is -1.92. The fourth-order valence-corrected chi connectivity index (χ4v) is 0.129. The lowest BCUT2D eigenvalue weighted by molar-refractivity contribution is 0.201. The molecule has 1 rings (SSSR count). The zero-order valence-corrected chi connectivity index (χ0v) is 6.05. The fraction of sp³-hybridized carbons (Fsp3) is 0. The largest absolute Gasteiger partial charge is 0.485 e. The van der Waals surface area contributed by atoms with Crippen molar-refractivity contribution in [2.24, 2.45) is 5.90 Å². The van der Waals surface area contributed by atoms with Gasteiger partial charge in [-0.2, -0.15) is 5.21 Å². The lowest BCUT2D eigenvalue weighted by atomic mass is 11.4. The maximum Gasteiger partial charge on any atom is 0.485 e. The van der Waals surface area contributed by atoms with Crippen molar-refractivity contribution in [3.8, 4) is 0 Å². The van der Waals surface area contributed by atoms with E-state index < -0.39 is 7.82 Å². The molecule has 0 aromatic carbocycles. The van der Waals surface area contributed by atoms with Crippen LogP contribution in [0.3, 0.4) is 0 Å². The van der Waals surface area contributed by atoms with Gasteiger partial charge in [-0.05, 0) is 0 Å². The maximum absolute atomic E-state index is 9.35. The van der Waals surface area contributed by atoms with Gasteiger partial charge >= 0.3 is 7.82 Å². The molecule has 0 aliphatic heterocycles. The molecular weight excluding hydrogens is 177 g/mol. The van der Waals surface area contributed by atoms with Gasteiger partial charge in [-0.1, -0.05) is 5.21 Å². The summed E-state index contributed by atoms with van der Waals surface area (Å²) in [7, 11) is -4.37. The summed E-state index contributed by atoms with van der Waals surface area (Å²) >= 11 is 0. The van der Waals surface area contributed by atoms with Crippen LogP contribution in [0, 0.1) is 0 Å². The van der Waals surface area contributed by atoms with Crippen LogP contribution in [0.1, 0.15) is 0 Å². The normalized spacial score (nSPS) is 10.1. The Labute approximate surface area is 60.8 Å². The first-order chi connectivity index (χ1) is 5.06. The van der Waals surface area contributed by atoms with Crippen LogP contribution in [0.2, 0.25) is 0 Å². The first-order valence-corrected chi connectivity index (χ1v) is 3.69. The molecule has 0 saturated carbocycles. The Morgan fingerprint density at radius 3 is 2.27 bits per heavy atom. The number of hydrogen-bond acceptors (Lipinski definition) is 6. The average Bonchev–Trinajstić information content (AvgIpc) is 2.41. The number of H-pyrrole nitrogens is 1. The summed E-state index contributed by atoms with van der Waals surface area (Å²) in [4.78, 5) is 15.2. The van der Waals surface area contributed by atoms with E-state index in [-0.39, 0.29) is 0 Å². The molecule has 0 spiro atoms. The molecule has 1 aromatic rings. The molecule has 0 atom stereocenters. The van der Waals surface area contributed by atoms with E-state index in [0.29, 0.717) is 0 Å². The van der Waals surface area contributed by atoms with Crippen molar-refractivity contribution < 1.29 is 19.0 Å². The molecule has 0 fully saturated rings. The van der Waals surface area contributed by atoms with E-state index in [2.05, 4.69) is 31.1 Å². The summed E-state index contributed by atoms with van der Waals surface area (Å²) in [5.41, 5.74) is 0. The Balaban J connectivity index is 0.000000183. The second kappa shape index (κ2) is 4.88. The summed E-state index contributed by atoms with van der Waals surface area (Å²) < 4.78 is 12.5. The van der Waals surface area contributed by atoms with Crippen molar-refractivity contribution in [3.63, 3.8) is 0 Å². The Kier molecular flexibility index (Phi) is 4.50. The molecule has 0 aliphatic carbocycles. The number of aromatic nitrogens is 4. The summed E-state index contributed by atoms with van der Waals surface area (Å²) in [6, 6.07) is 0. The minimum Gasteiger partial charge on any atom is -0.302 e. The number of phosphoric acid groups is 1. The molecule has 1 aromatic heterocycles. The van der Waals surface area contributed by atoms with Gasteiger partial charge in [0.05, 0.1) is 0 Å². The van der Waals surface area contributed by atoms with E-state index in [1.807, 2.05) is 0 Å². The third-order valence-corrected chi connectivity index (χ3v) is 0.682. The SMILES string of the molecule is NOP(=O)(O)O.c1nn[nH]n1. The van der Waals surface area contributed by atoms with Crippen LogP contribution in [0.25, 0.3) is 0 Å². The number of tetrazole rings is 1. The average molecular weight is 183 g/mol. The molecule has 0 unspecified atom stereocenters. The van der Waals surface area contributed by atoms with E-state index in [0.717, 1.165) is 0 Å². The van der Waals surface area contributed by atoms with Crippen LogP contribution in [0.5, 0.6) is 0 Å². The van der Waals surface area contributed by atoms with Crippen LogP contribution < -0.4 is 5.90 Å². The zero-order chi connectivity index (χ0) is 8.74. The van der Waals surface area contributed by atoms with Crippen LogP contribution in [0.15, 0.2) is 6.33 Å². The Bertz CT molecular complexity index is 187. The third kappa shape index (κ3) is 9.14. The van der Waals surface area contributed by atoms with Crippen LogP contribution in [-0.4, -0.2) is 30.4 Å². The molecule has 0 saturated heterocycles. The van der Waals surface area contributed by atoms with Crippen molar-refractivity contribution >= 4 is 7.82 Å². The molecule has 0 aliphatic rings. The minimum atomic E-state index is -4.37. The van der Waals surface area contributed by atoms with Gasteiger partial charge in [-0.15, -0.1) is 10.2 Å². The van der Waals surface area contributed by atoms with Gasteiger partial charge in [-0.3, -0.25) is 0 Å². The molecule has 0 amide bonds. The van der Waals surface area contributed by atoms with Crippen molar-refractivity contribution in [2.45, 2.75) is 0 Å². The van der Waals surface area contributed by atoms with Gasteiger partial charge in [0.2, 0.25) is 0 Å². The molecule has 5 N–H and O–H groups in total.